The van der Waals surface area contributed by atoms with E-state index in [1.807, 2.05) is 13.8 Å². The fraction of sp³-hybridized carbons (Fsp3) is 0.714. The van der Waals surface area contributed by atoms with Gasteiger partial charge in [0.15, 0.2) is 0 Å². The number of nitrogens with two attached hydrogens (primary N) is 1. The Balaban J connectivity index is 1.82. The lowest BCUT2D eigenvalue weighted by Gasteiger charge is -2.25. The summed E-state index contributed by atoms with van der Waals surface area (Å²) in [5, 5.41) is 16.8. The highest BCUT2D eigenvalue weighted by Gasteiger charge is 2.20. The van der Waals surface area contributed by atoms with Crippen LogP contribution in [0.5, 0.6) is 0 Å². The number of hydrogen-bond acceptors (Lipinski definition) is 4. The van der Waals surface area contributed by atoms with Crippen molar-refractivity contribution in [3.8, 4) is 0 Å². The third-order valence-corrected chi connectivity index (χ3v) is 4.07. The summed E-state index contributed by atoms with van der Waals surface area (Å²) in [7, 11) is 0. The first kappa shape index (κ1) is 14.8. The minimum atomic E-state index is -0.207. The number of nitrogens with one attached hydrogen (secondary N) is 1. The van der Waals surface area contributed by atoms with Crippen molar-refractivity contribution >= 4 is 11.6 Å². The highest BCUT2D eigenvalue weighted by atomic mass is 16.3. The van der Waals surface area contributed by atoms with Gasteiger partial charge in [-0.25, -0.2) is 0 Å². The molecule has 0 saturated heterocycles. The van der Waals surface area contributed by atoms with Gasteiger partial charge < -0.3 is 16.2 Å². The maximum atomic E-state index is 11.9. The van der Waals surface area contributed by atoms with E-state index in [1.54, 1.807) is 4.68 Å². The molecule has 1 aliphatic rings. The summed E-state index contributed by atoms with van der Waals surface area (Å²) in [4.78, 5) is 11.9. The molecule has 2 unspecified atom stereocenters. The number of aliphatic hydroxyl groups is 1. The van der Waals surface area contributed by atoms with Crippen molar-refractivity contribution in [1.82, 2.24) is 15.1 Å². The molecule has 1 aliphatic carbocycles. The molecule has 1 fully saturated rings. The summed E-state index contributed by atoms with van der Waals surface area (Å²) < 4.78 is 1.63. The van der Waals surface area contributed by atoms with Crippen LogP contribution in [-0.4, -0.2) is 33.4 Å². The first-order valence-corrected chi connectivity index (χ1v) is 7.21. The Morgan fingerprint density at radius 2 is 2.25 bits per heavy atom. The van der Waals surface area contributed by atoms with Crippen LogP contribution in [0.1, 0.15) is 37.1 Å². The lowest BCUT2D eigenvalue weighted by Crippen LogP contribution is -2.35. The zero-order valence-electron chi connectivity index (χ0n) is 12.2. The van der Waals surface area contributed by atoms with Crippen molar-refractivity contribution < 1.29 is 9.90 Å². The fourth-order valence-corrected chi connectivity index (χ4v) is 2.76. The van der Waals surface area contributed by atoms with Crippen LogP contribution in [0.2, 0.25) is 0 Å². The molecule has 0 aromatic carbocycles. The molecule has 2 atom stereocenters. The summed E-state index contributed by atoms with van der Waals surface area (Å²) in [6.07, 6.45) is 3.57. The summed E-state index contributed by atoms with van der Waals surface area (Å²) >= 11 is 0. The predicted molar refractivity (Wildman–Crippen MR) is 77.1 cm³/mol. The van der Waals surface area contributed by atoms with Crippen LogP contribution >= 0.6 is 0 Å². The van der Waals surface area contributed by atoms with E-state index in [9.17, 15) is 9.90 Å². The van der Waals surface area contributed by atoms with Gasteiger partial charge in [0, 0.05) is 6.54 Å². The first-order valence-electron chi connectivity index (χ1n) is 7.21. The van der Waals surface area contributed by atoms with Gasteiger partial charge in [0.1, 0.15) is 6.54 Å². The smallest absolute Gasteiger partial charge is 0.241 e. The van der Waals surface area contributed by atoms with E-state index >= 15 is 0 Å². The zero-order valence-corrected chi connectivity index (χ0v) is 12.2. The molecule has 1 aromatic rings. The molecule has 1 amide bonds. The lowest BCUT2D eigenvalue weighted by atomic mass is 9.87. The Bertz CT molecular complexity index is 484. The molecule has 4 N–H and O–H groups in total. The van der Waals surface area contributed by atoms with Gasteiger partial charge in [-0.3, -0.25) is 9.48 Å². The predicted octanol–water partition coefficient (Wildman–Crippen LogP) is 0.749. The fourth-order valence-electron chi connectivity index (χ4n) is 2.76. The second kappa shape index (κ2) is 6.26. The Kier molecular flexibility index (Phi) is 4.65. The van der Waals surface area contributed by atoms with Crippen molar-refractivity contribution in [1.29, 1.82) is 0 Å². The first-order chi connectivity index (χ1) is 9.47. The number of carbonyl (C=O) groups excluding carboxylic acids is 1. The number of nitrogen functional groups attached to an aromatic ring is 1. The summed E-state index contributed by atoms with van der Waals surface area (Å²) in [5.74, 6) is 0.323. The van der Waals surface area contributed by atoms with Crippen LogP contribution in [0.15, 0.2) is 0 Å². The minimum Gasteiger partial charge on any atom is -0.396 e. The standard InChI is InChI=1S/C14H24N4O2/c1-9-14(15)10(2)18(17-9)8-13(20)16-7-11-4-3-5-12(19)6-11/h11-12,19H,3-8,15H2,1-2H3,(H,16,20). The third kappa shape index (κ3) is 3.50. The van der Waals surface area contributed by atoms with Gasteiger partial charge in [-0.05, 0) is 39.0 Å². The van der Waals surface area contributed by atoms with Crippen molar-refractivity contribution in [2.24, 2.45) is 5.92 Å². The normalized spacial score (nSPS) is 22.8. The van der Waals surface area contributed by atoms with E-state index in [0.29, 0.717) is 18.2 Å². The van der Waals surface area contributed by atoms with Gasteiger partial charge in [0.05, 0.1) is 23.2 Å². The summed E-state index contributed by atoms with van der Waals surface area (Å²) in [5.41, 5.74) is 8.07. The topological polar surface area (TPSA) is 93.2 Å². The summed E-state index contributed by atoms with van der Waals surface area (Å²) in [6, 6.07) is 0. The molecule has 0 bridgehead atoms. The molecule has 1 aromatic heterocycles. The number of aromatic nitrogens is 2. The van der Waals surface area contributed by atoms with Crippen LogP contribution in [0.25, 0.3) is 0 Å². The van der Waals surface area contributed by atoms with Crippen molar-refractivity contribution in [2.75, 3.05) is 12.3 Å². The zero-order chi connectivity index (χ0) is 14.7. The monoisotopic (exact) mass is 280 g/mol. The van der Waals surface area contributed by atoms with Gasteiger partial charge in [0.25, 0.3) is 0 Å². The Morgan fingerprint density at radius 1 is 1.50 bits per heavy atom. The number of carbonyl (C=O) groups is 1. The number of rotatable bonds is 4. The van der Waals surface area contributed by atoms with Crippen LogP contribution in [0, 0.1) is 19.8 Å². The Morgan fingerprint density at radius 3 is 2.85 bits per heavy atom. The lowest BCUT2D eigenvalue weighted by molar-refractivity contribution is -0.122. The number of aliphatic hydroxyl groups excluding tert-OH is 1. The van der Waals surface area contributed by atoms with Crippen LogP contribution in [-0.2, 0) is 11.3 Å². The van der Waals surface area contributed by atoms with Gasteiger partial charge in [-0.2, -0.15) is 5.10 Å². The van der Waals surface area contributed by atoms with Crippen LogP contribution in [0.4, 0.5) is 5.69 Å². The van der Waals surface area contributed by atoms with E-state index in [4.69, 9.17) is 5.73 Å². The molecule has 112 valence electrons. The molecular formula is C14H24N4O2. The molecular weight excluding hydrogens is 256 g/mol. The SMILES string of the molecule is Cc1nn(CC(=O)NCC2CCCC(O)C2)c(C)c1N. The van der Waals surface area contributed by atoms with Crippen LogP contribution in [0.3, 0.4) is 0 Å². The van der Waals surface area contributed by atoms with Gasteiger partial charge in [-0.15, -0.1) is 0 Å². The van der Waals surface area contributed by atoms with E-state index in [0.717, 1.165) is 37.1 Å². The maximum Gasteiger partial charge on any atom is 0.241 e. The second-order valence-corrected chi connectivity index (χ2v) is 5.73. The van der Waals surface area contributed by atoms with Crippen molar-refractivity contribution in [3.63, 3.8) is 0 Å². The Hall–Kier alpha value is -1.56. The molecule has 2 rings (SSSR count). The molecule has 0 spiro atoms. The molecule has 20 heavy (non-hydrogen) atoms. The third-order valence-electron chi connectivity index (χ3n) is 4.07. The number of nitrogens with zero attached hydrogens (tertiary/aromatic N) is 2. The number of anilines is 1. The molecule has 6 heteroatoms. The molecule has 0 aliphatic heterocycles. The van der Waals surface area contributed by atoms with E-state index < -0.39 is 0 Å². The van der Waals surface area contributed by atoms with Crippen LogP contribution < -0.4 is 11.1 Å². The molecule has 6 nitrogen and oxygen atoms in total. The largest absolute Gasteiger partial charge is 0.396 e. The van der Waals surface area contributed by atoms with Gasteiger partial charge in [0.2, 0.25) is 5.91 Å². The molecule has 1 heterocycles. The van der Waals surface area contributed by atoms with Gasteiger partial charge >= 0.3 is 0 Å². The second-order valence-electron chi connectivity index (χ2n) is 5.73. The summed E-state index contributed by atoms with van der Waals surface area (Å²) in [6.45, 7) is 4.52. The number of aryl methyl sites for hydroxylation is 1. The van der Waals surface area contributed by atoms with Gasteiger partial charge in [-0.1, -0.05) is 6.42 Å². The van der Waals surface area contributed by atoms with Crippen molar-refractivity contribution in [3.05, 3.63) is 11.4 Å². The Labute approximate surface area is 119 Å². The number of amides is 1. The van der Waals surface area contributed by atoms with E-state index in [-0.39, 0.29) is 18.6 Å². The average Bonchev–Trinajstić information content (AvgIpc) is 2.64. The maximum absolute atomic E-state index is 11.9. The average molecular weight is 280 g/mol. The van der Waals surface area contributed by atoms with Crippen molar-refractivity contribution in [2.45, 2.75) is 52.2 Å². The van der Waals surface area contributed by atoms with E-state index in [2.05, 4.69) is 10.4 Å². The highest BCUT2D eigenvalue weighted by Crippen LogP contribution is 2.23. The molecule has 0 radical (unpaired) electrons. The number of hydrogen-bond donors (Lipinski definition) is 3. The quantitative estimate of drug-likeness (QED) is 0.758. The van der Waals surface area contributed by atoms with E-state index in [1.165, 1.54) is 0 Å². The highest BCUT2D eigenvalue weighted by molar-refractivity contribution is 5.75. The minimum absolute atomic E-state index is 0.0596. The molecule has 1 saturated carbocycles.